The van der Waals surface area contributed by atoms with Gasteiger partial charge in [-0.2, -0.15) is 0 Å². The van der Waals surface area contributed by atoms with E-state index in [1.165, 1.54) is 14.2 Å². The van der Waals surface area contributed by atoms with Crippen molar-refractivity contribution in [3.63, 3.8) is 0 Å². The summed E-state index contributed by atoms with van der Waals surface area (Å²) >= 11 is 5.44. The van der Waals surface area contributed by atoms with Gasteiger partial charge in [0.25, 0.3) is 0 Å². The van der Waals surface area contributed by atoms with E-state index in [0.29, 0.717) is 0 Å². The molecule has 1 rings (SSSR count). The Hall–Kier alpha value is 0.180. The van der Waals surface area contributed by atoms with Crippen molar-refractivity contribution < 1.29 is 0 Å². The lowest BCUT2D eigenvalue weighted by molar-refractivity contribution is 0.601. The Kier molecular flexibility index (Phi) is 2.45. The van der Waals surface area contributed by atoms with E-state index in [0.717, 1.165) is 0 Å². The molecule has 0 bridgehead atoms. The van der Waals surface area contributed by atoms with Gasteiger partial charge in [-0.3, -0.25) is 0 Å². The zero-order valence-electron chi connectivity index (χ0n) is 7.36. The maximum atomic E-state index is 3.56. The lowest BCUT2D eigenvalue weighted by Gasteiger charge is -2.16. The molecule has 0 N–H and O–H groups in total. The lowest BCUT2D eigenvalue weighted by atomic mass is 9.95. The molecule has 0 aromatic carbocycles. The molecule has 1 aromatic rings. The Labute approximate surface area is 80.8 Å². The molecule has 0 fully saturated rings. The van der Waals surface area contributed by atoms with Crippen LogP contribution in [0.15, 0.2) is 10.5 Å². The van der Waals surface area contributed by atoms with Crippen molar-refractivity contribution in [3.05, 3.63) is 20.3 Å². The van der Waals surface area contributed by atoms with E-state index in [1.807, 2.05) is 11.3 Å². The maximum Gasteiger partial charge on any atom is 0.0322 e. The summed E-state index contributed by atoms with van der Waals surface area (Å²) in [5, 5.41) is 0. The molecular formula is C9H13BrS. The van der Waals surface area contributed by atoms with Gasteiger partial charge in [0.1, 0.15) is 0 Å². The van der Waals surface area contributed by atoms with Gasteiger partial charge < -0.3 is 0 Å². The zero-order valence-corrected chi connectivity index (χ0v) is 9.77. The number of hydrogen-bond acceptors (Lipinski definition) is 1. The fraction of sp³-hybridized carbons (Fsp3) is 0.556. The van der Waals surface area contributed by atoms with Gasteiger partial charge in [0.05, 0.1) is 0 Å². The van der Waals surface area contributed by atoms with Crippen molar-refractivity contribution in [3.8, 4) is 0 Å². The summed E-state index contributed by atoms with van der Waals surface area (Å²) in [5.41, 5.74) is 0.276. The average molecular weight is 233 g/mol. The van der Waals surface area contributed by atoms with Gasteiger partial charge in [0.2, 0.25) is 0 Å². The van der Waals surface area contributed by atoms with E-state index in [-0.39, 0.29) is 5.41 Å². The van der Waals surface area contributed by atoms with E-state index in [1.54, 1.807) is 0 Å². The predicted octanol–water partition coefficient (Wildman–Crippen LogP) is 4.12. The molecule has 0 unspecified atom stereocenters. The van der Waals surface area contributed by atoms with Gasteiger partial charge in [0, 0.05) is 14.2 Å². The smallest absolute Gasteiger partial charge is 0.0322 e. The molecule has 0 saturated carbocycles. The number of halogens is 1. The van der Waals surface area contributed by atoms with Crippen LogP contribution in [-0.4, -0.2) is 0 Å². The van der Waals surface area contributed by atoms with Crippen molar-refractivity contribution in [2.75, 3.05) is 0 Å². The van der Waals surface area contributed by atoms with Crippen LogP contribution < -0.4 is 0 Å². The van der Waals surface area contributed by atoms with E-state index in [2.05, 4.69) is 49.7 Å². The van der Waals surface area contributed by atoms with Crippen LogP contribution in [0.25, 0.3) is 0 Å². The highest BCUT2D eigenvalue weighted by Crippen LogP contribution is 2.36. The van der Waals surface area contributed by atoms with Gasteiger partial charge in [-0.25, -0.2) is 0 Å². The minimum atomic E-state index is 0.276. The molecule has 0 radical (unpaired) electrons. The molecule has 0 spiro atoms. The van der Waals surface area contributed by atoms with Gasteiger partial charge in [-0.1, -0.05) is 20.8 Å². The third-order valence-corrected chi connectivity index (χ3v) is 3.86. The summed E-state index contributed by atoms with van der Waals surface area (Å²) in [6.07, 6.45) is 0. The molecule has 11 heavy (non-hydrogen) atoms. The molecule has 0 aliphatic rings. The first-order chi connectivity index (χ1) is 4.91. The highest BCUT2D eigenvalue weighted by atomic mass is 79.9. The molecule has 0 aliphatic heterocycles. The molecule has 1 heterocycles. The predicted molar refractivity (Wildman–Crippen MR) is 55.5 cm³/mol. The average Bonchev–Trinajstić information content (AvgIpc) is 2.08. The monoisotopic (exact) mass is 232 g/mol. The Morgan fingerprint density at radius 2 is 1.91 bits per heavy atom. The largest absolute Gasteiger partial charge is 0.144 e. The summed E-state index contributed by atoms with van der Waals surface area (Å²) in [5.74, 6) is 0. The second-order valence-corrected chi connectivity index (χ2v) is 5.89. The second kappa shape index (κ2) is 2.91. The van der Waals surface area contributed by atoms with Crippen LogP contribution in [-0.2, 0) is 5.41 Å². The third-order valence-electron chi connectivity index (χ3n) is 1.49. The van der Waals surface area contributed by atoms with Crippen molar-refractivity contribution >= 4 is 27.3 Å². The van der Waals surface area contributed by atoms with Crippen molar-refractivity contribution in [2.45, 2.75) is 33.1 Å². The number of rotatable bonds is 0. The summed E-state index contributed by atoms with van der Waals surface area (Å²) in [6, 6.07) is 2.19. The number of aryl methyl sites for hydroxylation is 1. The van der Waals surface area contributed by atoms with Gasteiger partial charge >= 0.3 is 0 Å². The van der Waals surface area contributed by atoms with Crippen molar-refractivity contribution in [1.29, 1.82) is 0 Å². The van der Waals surface area contributed by atoms with E-state index in [9.17, 15) is 0 Å². The van der Waals surface area contributed by atoms with Gasteiger partial charge in [0.15, 0.2) is 0 Å². The standard InChI is InChI=1S/C9H13BrS/c1-6-5-7(10)8(11-6)9(2,3)4/h5H,1-4H3. The van der Waals surface area contributed by atoms with Crippen LogP contribution >= 0.6 is 27.3 Å². The highest BCUT2D eigenvalue weighted by Gasteiger charge is 2.19. The fourth-order valence-corrected chi connectivity index (χ4v) is 3.29. The molecule has 0 nitrogen and oxygen atoms in total. The highest BCUT2D eigenvalue weighted by molar-refractivity contribution is 9.10. The fourth-order valence-electron chi connectivity index (χ4n) is 0.995. The Morgan fingerprint density at radius 1 is 1.36 bits per heavy atom. The first-order valence-corrected chi connectivity index (χ1v) is 5.28. The molecule has 0 aliphatic carbocycles. The quantitative estimate of drug-likeness (QED) is 0.632. The van der Waals surface area contributed by atoms with Crippen LogP contribution in [0.1, 0.15) is 30.5 Å². The molecule has 2 heteroatoms. The van der Waals surface area contributed by atoms with E-state index < -0.39 is 0 Å². The van der Waals surface area contributed by atoms with Gasteiger partial charge in [-0.15, -0.1) is 11.3 Å². The Bertz CT molecular complexity index is 255. The van der Waals surface area contributed by atoms with Crippen LogP contribution in [0.2, 0.25) is 0 Å². The molecule has 0 saturated heterocycles. The molecule has 0 atom stereocenters. The topological polar surface area (TPSA) is 0 Å². The number of thiophene rings is 1. The zero-order chi connectivity index (χ0) is 8.65. The van der Waals surface area contributed by atoms with Crippen molar-refractivity contribution in [1.82, 2.24) is 0 Å². The molecular weight excluding hydrogens is 220 g/mol. The number of hydrogen-bond donors (Lipinski definition) is 0. The first kappa shape index (κ1) is 9.27. The molecule has 0 amide bonds. The van der Waals surface area contributed by atoms with Gasteiger partial charge in [-0.05, 0) is 34.3 Å². The Balaban J connectivity index is 3.13. The Morgan fingerprint density at radius 3 is 2.09 bits per heavy atom. The molecule has 62 valence electrons. The minimum Gasteiger partial charge on any atom is -0.144 e. The van der Waals surface area contributed by atoms with Crippen molar-refractivity contribution in [2.24, 2.45) is 0 Å². The molecule has 1 aromatic heterocycles. The third kappa shape index (κ3) is 2.06. The van der Waals surface area contributed by atoms with E-state index in [4.69, 9.17) is 0 Å². The van der Waals surface area contributed by atoms with Crippen LogP contribution in [0, 0.1) is 6.92 Å². The summed E-state index contributed by atoms with van der Waals surface area (Å²) < 4.78 is 1.26. The minimum absolute atomic E-state index is 0.276. The maximum absolute atomic E-state index is 3.56. The van der Waals surface area contributed by atoms with E-state index >= 15 is 0 Å². The SMILES string of the molecule is Cc1cc(Br)c(C(C)(C)C)s1. The van der Waals surface area contributed by atoms with Crippen LogP contribution in [0.4, 0.5) is 0 Å². The normalized spacial score (nSPS) is 12.1. The lowest BCUT2D eigenvalue weighted by Crippen LogP contribution is -2.08. The summed E-state index contributed by atoms with van der Waals surface area (Å²) in [7, 11) is 0. The van der Waals surface area contributed by atoms with Crippen LogP contribution in [0.3, 0.4) is 0 Å². The second-order valence-electron chi connectivity index (χ2n) is 3.78. The summed E-state index contributed by atoms with van der Waals surface area (Å²) in [4.78, 5) is 2.82. The first-order valence-electron chi connectivity index (χ1n) is 3.67. The van der Waals surface area contributed by atoms with Crippen LogP contribution in [0.5, 0.6) is 0 Å². The summed E-state index contributed by atoms with van der Waals surface area (Å²) in [6.45, 7) is 8.86.